The Morgan fingerprint density at radius 1 is 0.667 bits per heavy atom. The van der Waals surface area contributed by atoms with Crippen molar-refractivity contribution in [3.8, 4) is 5.69 Å². The number of carbonyl (C=O) groups is 1. The first-order chi connectivity index (χ1) is 19.1. The molecule has 0 saturated heterocycles. The van der Waals surface area contributed by atoms with Gasteiger partial charge in [-0.05, 0) is 61.4 Å². The summed E-state index contributed by atoms with van der Waals surface area (Å²) in [5.41, 5.74) is 8.37. The molecule has 0 bridgehead atoms. The maximum absolute atomic E-state index is 14.1. The first kappa shape index (κ1) is 22.1. The summed E-state index contributed by atoms with van der Waals surface area (Å²) in [5.74, 6) is 0.725. The molecular formula is C35H25N3O. The zero-order chi connectivity index (χ0) is 26.3. The maximum atomic E-state index is 14.1. The predicted octanol–water partition coefficient (Wildman–Crippen LogP) is 7.80. The van der Waals surface area contributed by atoms with Crippen molar-refractivity contribution in [2.24, 2.45) is 0 Å². The fourth-order valence-electron chi connectivity index (χ4n) is 6.45. The van der Waals surface area contributed by atoms with Gasteiger partial charge in [0.25, 0.3) is 5.91 Å². The van der Waals surface area contributed by atoms with E-state index in [9.17, 15) is 4.79 Å². The zero-order valence-electron chi connectivity index (χ0n) is 21.7. The molecule has 39 heavy (non-hydrogen) atoms. The van der Waals surface area contributed by atoms with E-state index in [0.717, 1.165) is 55.7 Å². The van der Waals surface area contributed by atoms with E-state index in [1.807, 2.05) is 28.8 Å². The molecule has 0 spiro atoms. The number of hydrogen-bond acceptors (Lipinski definition) is 2. The van der Waals surface area contributed by atoms with Crippen LogP contribution in [0.25, 0.3) is 38.5 Å². The molecule has 1 aliphatic rings. The van der Waals surface area contributed by atoms with Gasteiger partial charge in [0.2, 0.25) is 0 Å². The Morgan fingerprint density at radius 3 is 2.21 bits per heavy atom. The molecule has 8 rings (SSSR count). The Balaban J connectivity index is 1.50. The average Bonchev–Trinajstić information content (AvgIpc) is 3.51. The fraction of sp³-hybridized carbons (Fsp3) is 0.0857. The number of nitrogens with zero attached hydrogens (tertiary/aromatic N) is 3. The Bertz CT molecular complexity index is 2100. The molecule has 0 radical (unpaired) electrons. The molecule has 0 fully saturated rings. The molecule has 186 valence electrons. The largest absolute Gasteiger partial charge is 0.309 e. The number of rotatable bonds is 2. The van der Waals surface area contributed by atoms with E-state index in [1.54, 1.807) is 0 Å². The standard InChI is InChI=1S/C35H25N3O/c1-22-16-18-23(19-17-22)35(2)28-14-8-6-13-26(28)33(39)38-32-21-31-27(20-29(32)36-34(35)38)25-12-7-9-15-30(25)37(31)24-10-4-3-5-11-24/h3-21H,1-2H3. The van der Waals surface area contributed by atoms with Crippen LogP contribution in [0.5, 0.6) is 0 Å². The summed E-state index contributed by atoms with van der Waals surface area (Å²) in [6, 6.07) is 39.7. The molecule has 4 heteroatoms. The van der Waals surface area contributed by atoms with Crippen molar-refractivity contribution in [1.29, 1.82) is 0 Å². The van der Waals surface area contributed by atoms with Crippen LogP contribution in [0.4, 0.5) is 0 Å². The predicted molar refractivity (Wildman–Crippen MR) is 157 cm³/mol. The highest BCUT2D eigenvalue weighted by molar-refractivity contribution is 6.14. The van der Waals surface area contributed by atoms with Gasteiger partial charge in [0.15, 0.2) is 0 Å². The van der Waals surface area contributed by atoms with E-state index in [4.69, 9.17) is 4.98 Å². The smallest absolute Gasteiger partial charge is 0.264 e. The molecule has 1 unspecified atom stereocenters. The quantitative estimate of drug-likeness (QED) is 0.241. The lowest BCUT2D eigenvalue weighted by atomic mass is 9.71. The monoisotopic (exact) mass is 503 g/mol. The van der Waals surface area contributed by atoms with E-state index in [2.05, 4.69) is 109 Å². The van der Waals surface area contributed by atoms with E-state index in [-0.39, 0.29) is 5.91 Å². The number of fused-ring (bicyclic) bond motifs is 7. The van der Waals surface area contributed by atoms with Gasteiger partial charge in [0.05, 0.1) is 27.5 Å². The van der Waals surface area contributed by atoms with Gasteiger partial charge >= 0.3 is 0 Å². The summed E-state index contributed by atoms with van der Waals surface area (Å²) in [6.45, 7) is 4.29. The van der Waals surface area contributed by atoms with E-state index < -0.39 is 5.41 Å². The average molecular weight is 504 g/mol. The molecule has 3 heterocycles. The van der Waals surface area contributed by atoms with Gasteiger partial charge in [-0.15, -0.1) is 0 Å². The number of imidazole rings is 1. The molecule has 5 aromatic carbocycles. The van der Waals surface area contributed by atoms with E-state index in [1.165, 1.54) is 10.9 Å². The van der Waals surface area contributed by atoms with Crippen molar-refractivity contribution in [2.45, 2.75) is 19.3 Å². The SMILES string of the molecule is Cc1ccc(C2(C)c3ccccc3C(=O)n3c2nc2cc4c5ccccc5n(-c5ccccc5)c4cc23)cc1. The first-order valence-electron chi connectivity index (χ1n) is 13.3. The van der Waals surface area contributed by atoms with Crippen molar-refractivity contribution in [3.05, 3.63) is 143 Å². The topological polar surface area (TPSA) is 39.8 Å². The minimum atomic E-state index is -0.585. The number of benzene rings is 5. The van der Waals surface area contributed by atoms with Crippen LogP contribution in [0.2, 0.25) is 0 Å². The summed E-state index contributed by atoms with van der Waals surface area (Å²) in [6.07, 6.45) is 0. The highest BCUT2D eigenvalue weighted by Gasteiger charge is 2.44. The molecule has 7 aromatic rings. The van der Waals surface area contributed by atoms with Crippen LogP contribution in [0.1, 0.15) is 39.8 Å². The Kier molecular flexibility index (Phi) is 4.40. The van der Waals surface area contributed by atoms with E-state index in [0.29, 0.717) is 0 Å². The van der Waals surface area contributed by atoms with Crippen LogP contribution >= 0.6 is 0 Å². The van der Waals surface area contributed by atoms with E-state index >= 15 is 0 Å². The Labute approximate surface area is 225 Å². The van der Waals surface area contributed by atoms with Crippen LogP contribution in [0.3, 0.4) is 0 Å². The fourth-order valence-corrected chi connectivity index (χ4v) is 6.45. The molecule has 4 nitrogen and oxygen atoms in total. The second kappa shape index (κ2) is 7.78. The van der Waals surface area contributed by atoms with Crippen molar-refractivity contribution in [1.82, 2.24) is 14.1 Å². The molecule has 0 amide bonds. The van der Waals surface area contributed by atoms with Crippen molar-refractivity contribution < 1.29 is 4.79 Å². The van der Waals surface area contributed by atoms with Crippen molar-refractivity contribution in [2.75, 3.05) is 0 Å². The number of carbonyl (C=O) groups excluding carboxylic acids is 1. The Morgan fingerprint density at radius 2 is 1.38 bits per heavy atom. The van der Waals surface area contributed by atoms with Gasteiger partial charge in [-0.1, -0.05) is 84.4 Å². The minimum Gasteiger partial charge on any atom is -0.309 e. The summed E-state index contributed by atoms with van der Waals surface area (Å²) in [4.78, 5) is 19.4. The molecular weight excluding hydrogens is 478 g/mol. The van der Waals surface area contributed by atoms with Crippen LogP contribution in [-0.2, 0) is 5.41 Å². The number of hydrogen-bond donors (Lipinski definition) is 0. The van der Waals surface area contributed by atoms with Crippen LogP contribution in [0.15, 0.2) is 115 Å². The lowest BCUT2D eigenvalue weighted by Crippen LogP contribution is -2.38. The number of aryl methyl sites for hydroxylation is 1. The van der Waals surface area contributed by atoms with Gasteiger partial charge < -0.3 is 4.57 Å². The molecule has 2 aromatic heterocycles. The highest BCUT2D eigenvalue weighted by Crippen LogP contribution is 2.45. The van der Waals surface area contributed by atoms with Gasteiger partial charge in [-0.2, -0.15) is 0 Å². The Hall–Kier alpha value is -4.96. The third kappa shape index (κ3) is 2.89. The maximum Gasteiger partial charge on any atom is 0.264 e. The highest BCUT2D eigenvalue weighted by atomic mass is 16.2. The first-order valence-corrected chi connectivity index (χ1v) is 13.3. The molecule has 1 atom stereocenters. The lowest BCUT2D eigenvalue weighted by molar-refractivity contribution is 0.0949. The van der Waals surface area contributed by atoms with Crippen LogP contribution in [0, 0.1) is 6.92 Å². The molecule has 0 aliphatic carbocycles. The second-order valence-electron chi connectivity index (χ2n) is 10.7. The minimum absolute atomic E-state index is 0.0330. The van der Waals surface area contributed by atoms with Gasteiger partial charge in [-0.25, -0.2) is 4.98 Å². The van der Waals surface area contributed by atoms with Gasteiger partial charge in [0, 0.05) is 22.0 Å². The summed E-state index contributed by atoms with van der Waals surface area (Å²) < 4.78 is 4.13. The third-order valence-corrected chi connectivity index (χ3v) is 8.44. The molecule has 0 saturated carbocycles. The summed E-state index contributed by atoms with van der Waals surface area (Å²) in [7, 11) is 0. The van der Waals surface area contributed by atoms with Gasteiger partial charge in [0.1, 0.15) is 5.82 Å². The van der Waals surface area contributed by atoms with Crippen molar-refractivity contribution >= 4 is 38.7 Å². The third-order valence-electron chi connectivity index (χ3n) is 8.44. The number of para-hydroxylation sites is 2. The second-order valence-corrected chi connectivity index (χ2v) is 10.7. The normalized spacial score (nSPS) is 16.6. The molecule has 0 N–H and O–H groups in total. The molecule has 1 aliphatic heterocycles. The van der Waals surface area contributed by atoms with Crippen LogP contribution in [-0.4, -0.2) is 20.0 Å². The van der Waals surface area contributed by atoms with Crippen LogP contribution < -0.4 is 0 Å². The van der Waals surface area contributed by atoms with Crippen molar-refractivity contribution in [3.63, 3.8) is 0 Å². The zero-order valence-corrected chi connectivity index (χ0v) is 21.7. The summed E-state index contributed by atoms with van der Waals surface area (Å²) in [5, 5.41) is 2.29. The summed E-state index contributed by atoms with van der Waals surface area (Å²) >= 11 is 0. The lowest BCUT2D eigenvalue weighted by Gasteiger charge is -2.36. The number of aromatic nitrogens is 3. The van der Waals surface area contributed by atoms with Gasteiger partial charge in [-0.3, -0.25) is 9.36 Å².